The molecule has 2 heterocycles. The number of hydrogen-bond donors (Lipinski definition) is 2. The van der Waals surface area contributed by atoms with Gasteiger partial charge >= 0.3 is 5.97 Å². The van der Waals surface area contributed by atoms with Gasteiger partial charge in [-0.05, 0) is 54.8 Å². The SMILES string of the molecule is O=C(O)CCC1CCCN(C(=O)c2cccc(NC(=O)c3cccs3)c2)C1. The number of likely N-dealkylation sites (tertiary alicyclic amines) is 1. The zero-order valence-corrected chi connectivity index (χ0v) is 15.7. The van der Waals surface area contributed by atoms with Gasteiger partial charge in [0.1, 0.15) is 0 Å². The lowest BCUT2D eigenvalue weighted by atomic mass is 9.93. The molecule has 1 fully saturated rings. The van der Waals surface area contributed by atoms with Gasteiger partial charge in [0.15, 0.2) is 0 Å². The zero-order valence-electron chi connectivity index (χ0n) is 14.9. The third kappa shape index (κ3) is 5.17. The molecular formula is C20H22N2O4S. The molecule has 142 valence electrons. The fraction of sp³-hybridized carbons (Fsp3) is 0.350. The molecular weight excluding hydrogens is 364 g/mol. The number of anilines is 1. The van der Waals surface area contributed by atoms with Crippen molar-refractivity contribution < 1.29 is 19.5 Å². The number of carboxylic acids is 1. The molecule has 3 rings (SSSR count). The number of aliphatic carboxylic acids is 1. The molecule has 0 saturated carbocycles. The van der Waals surface area contributed by atoms with Crippen LogP contribution >= 0.6 is 11.3 Å². The highest BCUT2D eigenvalue weighted by atomic mass is 32.1. The van der Waals surface area contributed by atoms with E-state index in [0.717, 1.165) is 12.8 Å². The molecule has 0 radical (unpaired) electrons. The maximum atomic E-state index is 12.8. The Morgan fingerprint density at radius 1 is 1.22 bits per heavy atom. The minimum Gasteiger partial charge on any atom is -0.481 e. The molecule has 1 aliphatic heterocycles. The molecule has 1 atom stereocenters. The van der Waals surface area contributed by atoms with Crippen molar-refractivity contribution in [2.45, 2.75) is 25.7 Å². The second kappa shape index (κ2) is 8.81. The van der Waals surface area contributed by atoms with E-state index in [9.17, 15) is 14.4 Å². The molecule has 7 heteroatoms. The Morgan fingerprint density at radius 2 is 2.07 bits per heavy atom. The standard InChI is InChI=1S/C20H22N2O4S/c23-18(24)9-8-14-4-2-10-22(13-14)20(26)15-5-1-6-16(12-15)21-19(25)17-7-3-11-27-17/h1,3,5-7,11-12,14H,2,4,8-10,13H2,(H,21,25)(H,23,24). The highest BCUT2D eigenvalue weighted by Gasteiger charge is 2.25. The van der Waals surface area contributed by atoms with E-state index in [-0.39, 0.29) is 24.2 Å². The summed E-state index contributed by atoms with van der Waals surface area (Å²) in [5.41, 5.74) is 1.11. The Hall–Kier alpha value is -2.67. The Balaban J connectivity index is 1.64. The van der Waals surface area contributed by atoms with E-state index in [1.54, 1.807) is 35.2 Å². The average Bonchev–Trinajstić information content (AvgIpc) is 3.21. The number of carbonyl (C=O) groups is 3. The maximum Gasteiger partial charge on any atom is 0.303 e. The van der Waals surface area contributed by atoms with Crippen LogP contribution in [0.3, 0.4) is 0 Å². The third-order valence-electron chi connectivity index (χ3n) is 4.69. The Labute approximate surface area is 161 Å². The van der Waals surface area contributed by atoms with Crippen molar-refractivity contribution in [2.24, 2.45) is 5.92 Å². The Morgan fingerprint density at radius 3 is 2.81 bits per heavy atom. The molecule has 27 heavy (non-hydrogen) atoms. The maximum absolute atomic E-state index is 12.8. The van der Waals surface area contributed by atoms with Crippen molar-refractivity contribution in [1.82, 2.24) is 4.90 Å². The molecule has 1 saturated heterocycles. The number of thiophene rings is 1. The first-order chi connectivity index (χ1) is 13.0. The van der Waals surface area contributed by atoms with Gasteiger partial charge in [0.05, 0.1) is 4.88 Å². The molecule has 2 N–H and O–H groups in total. The van der Waals surface area contributed by atoms with E-state index in [1.165, 1.54) is 11.3 Å². The van der Waals surface area contributed by atoms with Gasteiger partial charge in [-0.3, -0.25) is 14.4 Å². The predicted octanol–water partition coefficient (Wildman–Crippen LogP) is 3.72. The molecule has 2 amide bonds. The van der Waals surface area contributed by atoms with Gasteiger partial charge in [-0.2, -0.15) is 0 Å². The van der Waals surface area contributed by atoms with Crippen molar-refractivity contribution in [3.05, 3.63) is 52.2 Å². The number of nitrogens with one attached hydrogen (secondary N) is 1. The van der Waals surface area contributed by atoms with Crippen LogP contribution in [-0.4, -0.2) is 40.9 Å². The molecule has 2 aromatic rings. The lowest BCUT2D eigenvalue weighted by Gasteiger charge is -2.32. The largest absolute Gasteiger partial charge is 0.481 e. The van der Waals surface area contributed by atoms with Gasteiger partial charge in [-0.1, -0.05) is 12.1 Å². The molecule has 6 nitrogen and oxygen atoms in total. The lowest BCUT2D eigenvalue weighted by molar-refractivity contribution is -0.137. The normalized spacial score (nSPS) is 16.7. The van der Waals surface area contributed by atoms with Crippen molar-refractivity contribution in [2.75, 3.05) is 18.4 Å². The van der Waals surface area contributed by atoms with Crippen LogP contribution in [0, 0.1) is 5.92 Å². The number of carboxylic acid groups (broad SMARTS) is 1. The minimum atomic E-state index is -0.798. The van der Waals surface area contributed by atoms with Gasteiger partial charge in [-0.15, -0.1) is 11.3 Å². The van der Waals surface area contributed by atoms with Crippen LogP contribution in [-0.2, 0) is 4.79 Å². The number of hydrogen-bond acceptors (Lipinski definition) is 4. The van der Waals surface area contributed by atoms with Crippen LogP contribution in [0.2, 0.25) is 0 Å². The summed E-state index contributed by atoms with van der Waals surface area (Å²) in [5.74, 6) is -0.850. The molecule has 1 aromatic carbocycles. The minimum absolute atomic E-state index is 0.0813. The summed E-state index contributed by atoms with van der Waals surface area (Å²) in [6.45, 7) is 1.26. The fourth-order valence-electron chi connectivity index (χ4n) is 3.33. The fourth-order valence-corrected chi connectivity index (χ4v) is 3.94. The van der Waals surface area contributed by atoms with E-state index in [0.29, 0.717) is 35.6 Å². The summed E-state index contributed by atoms with van der Waals surface area (Å²) < 4.78 is 0. The number of carbonyl (C=O) groups excluding carboxylic acids is 2. The number of amides is 2. The first-order valence-corrected chi connectivity index (χ1v) is 9.87. The first-order valence-electron chi connectivity index (χ1n) is 8.99. The van der Waals surface area contributed by atoms with Crippen molar-refractivity contribution in [3.8, 4) is 0 Å². The topological polar surface area (TPSA) is 86.7 Å². The second-order valence-corrected chi connectivity index (χ2v) is 7.65. The zero-order chi connectivity index (χ0) is 19.2. The van der Waals surface area contributed by atoms with Gasteiger partial charge in [0.25, 0.3) is 11.8 Å². The van der Waals surface area contributed by atoms with Crippen LogP contribution in [0.25, 0.3) is 0 Å². The summed E-state index contributed by atoms with van der Waals surface area (Å²) in [7, 11) is 0. The van der Waals surface area contributed by atoms with Crippen molar-refractivity contribution in [3.63, 3.8) is 0 Å². The summed E-state index contributed by atoms with van der Waals surface area (Å²) in [5, 5.41) is 13.5. The lowest BCUT2D eigenvalue weighted by Crippen LogP contribution is -2.40. The predicted molar refractivity (Wildman–Crippen MR) is 104 cm³/mol. The van der Waals surface area contributed by atoms with Gasteiger partial charge in [0.2, 0.25) is 0 Å². The summed E-state index contributed by atoms with van der Waals surface area (Å²) in [6.07, 6.45) is 2.56. The van der Waals surface area contributed by atoms with Crippen molar-refractivity contribution in [1.29, 1.82) is 0 Å². The van der Waals surface area contributed by atoms with E-state index in [4.69, 9.17) is 5.11 Å². The molecule has 0 aliphatic carbocycles. The first kappa shape index (κ1) is 19.1. The monoisotopic (exact) mass is 386 g/mol. The van der Waals surface area contributed by atoms with E-state index in [1.807, 2.05) is 11.4 Å². The van der Waals surface area contributed by atoms with Crippen molar-refractivity contribution >= 4 is 34.8 Å². The highest BCUT2D eigenvalue weighted by molar-refractivity contribution is 7.12. The van der Waals surface area contributed by atoms with E-state index >= 15 is 0 Å². The van der Waals surface area contributed by atoms with Gasteiger partial charge in [-0.25, -0.2) is 0 Å². The summed E-state index contributed by atoms with van der Waals surface area (Å²) in [4.78, 5) is 38.2. The molecule has 1 unspecified atom stereocenters. The van der Waals surface area contributed by atoms with E-state index in [2.05, 4.69) is 5.32 Å². The quantitative estimate of drug-likeness (QED) is 0.792. The highest BCUT2D eigenvalue weighted by Crippen LogP contribution is 2.23. The Bertz CT molecular complexity index is 819. The van der Waals surface area contributed by atoms with Crippen LogP contribution < -0.4 is 5.32 Å². The average molecular weight is 386 g/mol. The van der Waals surface area contributed by atoms with Gasteiger partial charge in [0, 0.05) is 30.8 Å². The molecule has 0 bridgehead atoms. The smallest absolute Gasteiger partial charge is 0.303 e. The van der Waals surface area contributed by atoms with Crippen LogP contribution in [0.15, 0.2) is 41.8 Å². The summed E-state index contributed by atoms with van der Waals surface area (Å²) >= 11 is 1.36. The van der Waals surface area contributed by atoms with Crippen LogP contribution in [0.4, 0.5) is 5.69 Å². The number of rotatable bonds is 6. The van der Waals surface area contributed by atoms with Crippen LogP contribution in [0.5, 0.6) is 0 Å². The molecule has 1 aromatic heterocycles. The second-order valence-electron chi connectivity index (χ2n) is 6.70. The van der Waals surface area contributed by atoms with Gasteiger partial charge < -0.3 is 15.3 Å². The Kier molecular flexibility index (Phi) is 6.24. The van der Waals surface area contributed by atoms with E-state index < -0.39 is 5.97 Å². The number of benzene rings is 1. The summed E-state index contributed by atoms with van der Waals surface area (Å²) in [6, 6.07) is 10.5. The van der Waals surface area contributed by atoms with Crippen LogP contribution in [0.1, 0.15) is 45.7 Å². The number of piperidine rings is 1. The number of nitrogens with zero attached hydrogens (tertiary/aromatic N) is 1. The third-order valence-corrected chi connectivity index (χ3v) is 5.55. The molecule has 1 aliphatic rings. The molecule has 0 spiro atoms.